The molecule has 0 atom stereocenters. The van der Waals surface area contributed by atoms with Crippen molar-refractivity contribution in [2.45, 2.75) is 26.7 Å². The lowest BCUT2D eigenvalue weighted by molar-refractivity contribution is -0.116. The lowest BCUT2D eigenvalue weighted by Crippen LogP contribution is -2.34. The zero-order valence-electron chi connectivity index (χ0n) is 15.4. The van der Waals surface area contributed by atoms with E-state index in [1.807, 2.05) is 30.3 Å². The molecule has 2 aromatic rings. The summed E-state index contributed by atoms with van der Waals surface area (Å²) in [5.74, 6) is 0.0768. The van der Waals surface area contributed by atoms with Crippen LogP contribution in [0.15, 0.2) is 48.5 Å². The number of benzene rings is 2. The molecular formula is C20H23N3O2S. The Balaban J connectivity index is 2.01. The molecule has 0 heterocycles. The highest BCUT2D eigenvalue weighted by Gasteiger charge is 2.10. The average Bonchev–Trinajstić information content (AvgIpc) is 2.61. The number of amides is 2. The zero-order chi connectivity index (χ0) is 19.3. The number of nitrogens with one attached hydrogen (secondary N) is 2. The summed E-state index contributed by atoms with van der Waals surface area (Å²) in [6, 6.07) is 14.7. The van der Waals surface area contributed by atoms with Crippen LogP contribution in [0.1, 0.15) is 42.6 Å². The van der Waals surface area contributed by atoms with Gasteiger partial charge in [-0.25, -0.2) is 0 Å². The van der Waals surface area contributed by atoms with E-state index >= 15 is 0 Å². The molecule has 0 aromatic heterocycles. The number of hydrogen-bond acceptors (Lipinski definition) is 3. The highest BCUT2D eigenvalue weighted by Crippen LogP contribution is 2.18. The molecule has 0 radical (unpaired) electrons. The SMILES string of the molecule is CC(=O)N(C)c1cccc(NC(=S)NC(=O)c2ccc(C(C)C)cc2)c1. The summed E-state index contributed by atoms with van der Waals surface area (Å²) in [6.45, 7) is 5.70. The standard InChI is InChI=1S/C20H23N3O2S/c1-13(2)15-8-10-16(11-9-15)19(25)22-20(26)21-17-6-5-7-18(12-17)23(4)14(3)24/h5-13H,1-4H3,(H2,21,22,25,26). The third kappa shape index (κ3) is 5.13. The molecule has 0 saturated carbocycles. The molecule has 0 spiro atoms. The summed E-state index contributed by atoms with van der Waals surface area (Å²) in [5, 5.41) is 5.83. The molecule has 2 rings (SSSR count). The first kappa shape index (κ1) is 19.6. The molecule has 6 heteroatoms. The highest BCUT2D eigenvalue weighted by atomic mass is 32.1. The smallest absolute Gasteiger partial charge is 0.257 e. The highest BCUT2D eigenvalue weighted by molar-refractivity contribution is 7.80. The van der Waals surface area contributed by atoms with Crippen molar-refractivity contribution in [1.29, 1.82) is 0 Å². The van der Waals surface area contributed by atoms with Gasteiger partial charge in [-0.1, -0.05) is 32.0 Å². The van der Waals surface area contributed by atoms with Gasteiger partial charge < -0.3 is 10.2 Å². The van der Waals surface area contributed by atoms with E-state index in [1.54, 1.807) is 25.2 Å². The Morgan fingerprint density at radius 2 is 1.73 bits per heavy atom. The summed E-state index contributed by atoms with van der Waals surface area (Å²) in [5.41, 5.74) is 3.15. The van der Waals surface area contributed by atoms with Crippen molar-refractivity contribution in [1.82, 2.24) is 5.32 Å². The van der Waals surface area contributed by atoms with Crippen molar-refractivity contribution >= 4 is 40.5 Å². The number of rotatable bonds is 4. The maximum absolute atomic E-state index is 12.3. The van der Waals surface area contributed by atoms with Crippen LogP contribution in [0.5, 0.6) is 0 Å². The molecule has 26 heavy (non-hydrogen) atoms. The lowest BCUT2D eigenvalue weighted by atomic mass is 10.0. The molecule has 2 aromatic carbocycles. The number of thiocarbonyl (C=S) groups is 1. The molecule has 2 N–H and O–H groups in total. The number of hydrogen-bond donors (Lipinski definition) is 2. The van der Waals surface area contributed by atoms with Gasteiger partial charge in [0.15, 0.2) is 5.11 Å². The molecule has 0 saturated heterocycles. The first-order valence-electron chi connectivity index (χ1n) is 8.34. The van der Waals surface area contributed by atoms with Crippen LogP contribution >= 0.6 is 12.2 Å². The van der Waals surface area contributed by atoms with E-state index in [-0.39, 0.29) is 16.9 Å². The fourth-order valence-corrected chi connectivity index (χ4v) is 2.54. The largest absolute Gasteiger partial charge is 0.332 e. The molecule has 0 bridgehead atoms. The summed E-state index contributed by atoms with van der Waals surface area (Å²) >= 11 is 5.22. The summed E-state index contributed by atoms with van der Waals surface area (Å²) in [6.07, 6.45) is 0. The minimum atomic E-state index is -0.269. The molecule has 0 fully saturated rings. The predicted octanol–water partition coefficient (Wildman–Crippen LogP) is 3.92. The van der Waals surface area contributed by atoms with Gasteiger partial charge in [0.05, 0.1) is 0 Å². The van der Waals surface area contributed by atoms with Crippen LogP contribution in [0.3, 0.4) is 0 Å². The van der Waals surface area contributed by atoms with E-state index in [2.05, 4.69) is 24.5 Å². The van der Waals surface area contributed by atoms with Gasteiger partial charge in [-0.2, -0.15) is 0 Å². The number of carbonyl (C=O) groups is 2. The minimum absolute atomic E-state index is 0.0668. The minimum Gasteiger partial charge on any atom is -0.332 e. The fourth-order valence-electron chi connectivity index (χ4n) is 2.33. The Kier molecular flexibility index (Phi) is 6.46. The van der Waals surface area contributed by atoms with Crippen LogP contribution in [-0.2, 0) is 4.79 Å². The van der Waals surface area contributed by atoms with Gasteiger partial charge in [0, 0.05) is 30.9 Å². The summed E-state index contributed by atoms with van der Waals surface area (Å²) in [7, 11) is 1.70. The maximum Gasteiger partial charge on any atom is 0.257 e. The van der Waals surface area contributed by atoms with Crippen LogP contribution in [0.4, 0.5) is 11.4 Å². The van der Waals surface area contributed by atoms with Gasteiger partial charge in [-0.15, -0.1) is 0 Å². The molecule has 0 aliphatic carbocycles. The van der Waals surface area contributed by atoms with Gasteiger partial charge in [-0.05, 0) is 54.0 Å². The second-order valence-corrected chi connectivity index (χ2v) is 6.72. The topological polar surface area (TPSA) is 61.4 Å². The van der Waals surface area contributed by atoms with E-state index in [9.17, 15) is 9.59 Å². The predicted molar refractivity (Wildman–Crippen MR) is 110 cm³/mol. The van der Waals surface area contributed by atoms with Gasteiger partial charge in [0.25, 0.3) is 5.91 Å². The average molecular weight is 369 g/mol. The lowest BCUT2D eigenvalue weighted by Gasteiger charge is -2.16. The molecule has 5 nitrogen and oxygen atoms in total. The first-order chi connectivity index (χ1) is 12.3. The monoisotopic (exact) mass is 369 g/mol. The molecule has 2 amide bonds. The second kappa shape index (κ2) is 8.58. The Labute approximate surface area is 159 Å². The van der Waals surface area contributed by atoms with Crippen molar-refractivity contribution < 1.29 is 9.59 Å². The van der Waals surface area contributed by atoms with Gasteiger partial charge in [0.2, 0.25) is 5.91 Å². The van der Waals surface area contributed by atoms with E-state index in [0.29, 0.717) is 17.2 Å². The van der Waals surface area contributed by atoms with E-state index < -0.39 is 0 Å². The van der Waals surface area contributed by atoms with Crippen molar-refractivity contribution in [3.05, 3.63) is 59.7 Å². The molecule has 136 valence electrons. The number of anilines is 2. The number of carbonyl (C=O) groups excluding carboxylic acids is 2. The quantitative estimate of drug-likeness (QED) is 0.802. The summed E-state index contributed by atoms with van der Waals surface area (Å²) in [4.78, 5) is 25.3. The van der Waals surface area contributed by atoms with E-state index in [4.69, 9.17) is 12.2 Å². The zero-order valence-corrected chi connectivity index (χ0v) is 16.2. The van der Waals surface area contributed by atoms with Crippen molar-refractivity contribution in [2.75, 3.05) is 17.3 Å². The van der Waals surface area contributed by atoms with Gasteiger partial charge >= 0.3 is 0 Å². The van der Waals surface area contributed by atoms with Crippen molar-refractivity contribution in [3.8, 4) is 0 Å². The maximum atomic E-state index is 12.3. The summed E-state index contributed by atoms with van der Waals surface area (Å²) < 4.78 is 0. The fraction of sp³-hybridized carbons (Fsp3) is 0.250. The molecule has 0 aliphatic rings. The van der Waals surface area contributed by atoms with Crippen LogP contribution in [0, 0.1) is 0 Å². The normalized spacial score (nSPS) is 10.3. The molecular weight excluding hydrogens is 346 g/mol. The van der Waals surface area contributed by atoms with Crippen LogP contribution in [-0.4, -0.2) is 24.0 Å². The third-order valence-electron chi connectivity index (χ3n) is 4.03. The Morgan fingerprint density at radius 3 is 2.31 bits per heavy atom. The van der Waals surface area contributed by atoms with Crippen LogP contribution in [0.25, 0.3) is 0 Å². The Morgan fingerprint density at radius 1 is 1.08 bits per heavy atom. The van der Waals surface area contributed by atoms with Gasteiger partial charge in [-0.3, -0.25) is 14.9 Å². The third-order valence-corrected chi connectivity index (χ3v) is 4.23. The molecule has 0 aliphatic heterocycles. The Bertz CT molecular complexity index is 816. The van der Waals surface area contributed by atoms with Crippen molar-refractivity contribution in [2.24, 2.45) is 0 Å². The second-order valence-electron chi connectivity index (χ2n) is 6.31. The van der Waals surface area contributed by atoms with Crippen LogP contribution < -0.4 is 15.5 Å². The molecule has 0 unspecified atom stereocenters. The van der Waals surface area contributed by atoms with Gasteiger partial charge in [0.1, 0.15) is 0 Å². The van der Waals surface area contributed by atoms with Crippen LogP contribution in [0.2, 0.25) is 0 Å². The van der Waals surface area contributed by atoms with Crippen molar-refractivity contribution in [3.63, 3.8) is 0 Å². The number of nitrogens with zero attached hydrogens (tertiary/aromatic N) is 1. The van der Waals surface area contributed by atoms with E-state index in [0.717, 1.165) is 5.69 Å². The van der Waals surface area contributed by atoms with E-state index in [1.165, 1.54) is 17.4 Å². The Hall–Kier alpha value is -2.73. The first-order valence-corrected chi connectivity index (χ1v) is 8.75.